The Morgan fingerprint density at radius 2 is 2.20 bits per heavy atom. The van der Waals surface area contributed by atoms with E-state index in [1.165, 1.54) is 4.90 Å². The molecular weight excluding hydrogens is 270 g/mol. The maximum Gasteiger partial charge on any atom is 0.241 e. The molecule has 5 heteroatoms. The number of rotatable bonds is 2. The fourth-order valence-corrected chi connectivity index (χ4v) is 3.93. The lowest BCUT2D eigenvalue weighted by Gasteiger charge is -2.34. The number of nitrogens with two attached hydrogens (primary N) is 1. The molecule has 3 rings (SSSR count). The van der Waals surface area contributed by atoms with Gasteiger partial charge in [0, 0.05) is 29.8 Å². The molecule has 1 fully saturated rings. The molecule has 1 aromatic carbocycles. The van der Waals surface area contributed by atoms with Gasteiger partial charge in [-0.05, 0) is 31.5 Å². The molecule has 0 spiro atoms. The summed E-state index contributed by atoms with van der Waals surface area (Å²) in [6, 6.07) is 8.39. The van der Waals surface area contributed by atoms with Crippen molar-refractivity contribution in [1.82, 2.24) is 4.90 Å². The Hall–Kier alpha value is -1.04. The molecule has 20 heavy (non-hydrogen) atoms. The molecule has 2 N–H and O–H groups in total. The van der Waals surface area contributed by atoms with Gasteiger partial charge in [0.25, 0.3) is 0 Å². The Kier molecular flexibility index (Phi) is 4.29. The van der Waals surface area contributed by atoms with E-state index in [1.54, 1.807) is 0 Å². The van der Waals surface area contributed by atoms with E-state index >= 15 is 0 Å². The number of piperidine rings is 1. The Morgan fingerprint density at radius 3 is 3.05 bits per heavy atom. The van der Waals surface area contributed by atoms with Crippen LogP contribution in [0, 0.1) is 0 Å². The number of anilines is 1. The number of likely N-dealkylation sites (tertiary alicyclic amines) is 1. The minimum absolute atomic E-state index is 0.201. The van der Waals surface area contributed by atoms with Crippen LogP contribution in [0.2, 0.25) is 0 Å². The van der Waals surface area contributed by atoms with Crippen LogP contribution in [0.1, 0.15) is 12.8 Å². The second kappa shape index (κ2) is 6.16. The van der Waals surface area contributed by atoms with Crippen LogP contribution in [0.25, 0.3) is 0 Å². The predicted octanol–water partition coefficient (Wildman–Crippen LogP) is 1.55. The van der Waals surface area contributed by atoms with E-state index in [2.05, 4.69) is 11.0 Å². The summed E-state index contributed by atoms with van der Waals surface area (Å²) in [5, 5.41) is 0. The van der Waals surface area contributed by atoms with Gasteiger partial charge in [0.2, 0.25) is 5.91 Å². The van der Waals surface area contributed by atoms with Gasteiger partial charge in [0.15, 0.2) is 0 Å². The highest BCUT2D eigenvalue weighted by Crippen LogP contribution is 2.34. The van der Waals surface area contributed by atoms with Gasteiger partial charge in [-0.1, -0.05) is 12.1 Å². The Bertz CT molecular complexity index is 494. The number of fused-ring (bicyclic) bond motifs is 1. The van der Waals surface area contributed by atoms with E-state index in [1.807, 2.05) is 34.9 Å². The summed E-state index contributed by atoms with van der Waals surface area (Å²) in [4.78, 5) is 17.9. The van der Waals surface area contributed by atoms with Crippen molar-refractivity contribution in [1.29, 1.82) is 0 Å². The van der Waals surface area contributed by atoms with Crippen molar-refractivity contribution in [3.8, 4) is 0 Å². The summed E-state index contributed by atoms with van der Waals surface area (Å²) in [5.74, 6) is 1.18. The summed E-state index contributed by atoms with van der Waals surface area (Å²) in [6.45, 7) is 3.13. The Balaban J connectivity index is 1.69. The van der Waals surface area contributed by atoms with E-state index in [4.69, 9.17) is 5.73 Å². The minimum Gasteiger partial charge on any atom is -0.327 e. The van der Waals surface area contributed by atoms with Crippen molar-refractivity contribution >= 4 is 23.4 Å². The van der Waals surface area contributed by atoms with Crippen LogP contribution in [-0.2, 0) is 4.79 Å². The summed E-state index contributed by atoms with van der Waals surface area (Å²) < 4.78 is 0. The molecule has 1 saturated heterocycles. The molecule has 2 heterocycles. The molecule has 0 aliphatic carbocycles. The fourth-order valence-electron chi connectivity index (χ4n) is 2.94. The largest absolute Gasteiger partial charge is 0.327 e. The van der Waals surface area contributed by atoms with Gasteiger partial charge in [0.1, 0.15) is 0 Å². The average Bonchev–Trinajstić information content (AvgIpc) is 2.46. The number of para-hydroxylation sites is 1. The third-order valence-electron chi connectivity index (χ3n) is 3.93. The highest BCUT2D eigenvalue weighted by atomic mass is 32.2. The number of hydrogen-bond donors (Lipinski definition) is 1. The van der Waals surface area contributed by atoms with Crippen molar-refractivity contribution in [3.63, 3.8) is 0 Å². The lowest BCUT2D eigenvalue weighted by molar-refractivity contribution is -0.120. The van der Waals surface area contributed by atoms with Gasteiger partial charge in [0.05, 0.1) is 12.2 Å². The number of thioether (sulfide) groups is 1. The lowest BCUT2D eigenvalue weighted by Crippen LogP contribution is -2.48. The highest BCUT2D eigenvalue weighted by molar-refractivity contribution is 7.99. The average molecular weight is 291 g/mol. The Labute approximate surface area is 124 Å². The summed E-state index contributed by atoms with van der Waals surface area (Å²) in [7, 11) is 0. The van der Waals surface area contributed by atoms with Crippen LogP contribution < -0.4 is 10.6 Å². The molecule has 0 bridgehead atoms. The molecule has 0 aromatic heterocycles. The van der Waals surface area contributed by atoms with Gasteiger partial charge >= 0.3 is 0 Å². The van der Waals surface area contributed by atoms with Gasteiger partial charge in [-0.2, -0.15) is 0 Å². The number of amides is 1. The molecular formula is C15H21N3OS. The SMILES string of the molecule is NC1CCCN(CC(=O)N2CCSc3ccccc32)C1. The van der Waals surface area contributed by atoms with E-state index < -0.39 is 0 Å². The quantitative estimate of drug-likeness (QED) is 0.898. The van der Waals surface area contributed by atoms with Crippen molar-refractivity contribution < 1.29 is 4.79 Å². The first-order valence-corrected chi connectivity index (χ1v) is 8.23. The normalized spacial score (nSPS) is 23.4. The van der Waals surface area contributed by atoms with E-state index in [0.29, 0.717) is 6.54 Å². The molecule has 1 atom stereocenters. The van der Waals surface area contributed by atoms with Crippen LogP contribution >= 0.6 is 11.8 Å². The third-order valence-corrected chi connectivity index (χ3v) is 4.97. The third kappa shape index (κ3) is 3.00. The zero-order valence-electron chi connectivity index (χ0n) is 11.6. The van der Waals surface area contributed by atoms with Crippen LogP contribution in [0.5, 0.6) is 0 Å². The highest BCUT2D eigenvalue weighted by Gasteiger charge is 2.25. The molecule has 4 nitrogen and oxygen atoms in total. The van der Waals surface area contributed by atoms with E-state index in [-0.39, 0.29) is 11.9 Å². The van der Waals surface area contributed by atoms with Crippen LogP contribution in [0.3, 0.4) is 0 Å². The zero-order valence-corrected chi connectivity index (χ0v) is 12.4. The smallest absolute Gasteiger partial charge is 0.241 e. The molecule has 108 valence electrons. The minimum atomic E-state index is 0.201. The second-order valence-corrected chi connectivity index (χ2v) is 6.64. The monoisotopic (exact) mass is 291 g/mol. The number of hydrogen-bond acceptors (Lipinski definition) is 4. The summed E-state index contributed by atoms with van der Waals surface area (Å²) >= 11 is 1.83. The molecule has 0 radical (unpaired) electrons. The maximum atomic E-state index is 12.6. The second-order valence-electron chi connectivity index (χ2n) is 5.50. The van der Waals surface area contributed by atoms with Crippen LogP contribution in [-0.4, -0.2) is 48.8 Å². The predicted molar refractivity (Wildman–Crippen MR) is 83.2 cm³/mol. The molecule has 2 aliphatic rings. The molecule has 2 aliphatic heterocycles. The van der Waals surface area contributed by atoms with E-state index in [0.717, 1.165) is 43.9 Å². The van der Waals surface area contributed by atoms with Crippen molar-refractivity contribution in [2.24, 2.45) is 5.73 Å². The van der Waals surface area contributed by atoms with Crippen LogP contribution in [0.15, 0.2) is 29.2 Å². The fraction of sp³-hybridized carbons (Fsp3) is 0.533. The van der Waals surface area contributed by atoms with Crippen LogP contribution in [0.4, 0.5) is 5.69 Å². The Morgan fingerprint density at radius 1 is 1.35 bits per heavy atom. The summed E-state index contributed by atoms with van der Waals surface area (Å²) in [5.41, 5.74) is 7.05. The molecule has 1 aromatic rings. The topological polar surface area (TPSA) is 49.6 Å². The first-order valence-electron chi connectivity index (χ1n) is 7.24. The zero-order chi connectivity index (χ0) is 13.9. The van der Waals surface area contributed by atoms with Crippen molar-refractivity contribution in [3.05, 3.63) is 24.3 Å². The van der Waals surface area contributed by atoms with Crippen molar-refractivity contribution in [2.45, 2.75) is 23.8 Å². The maximum absolute atomic E-state index is 12.6. The number of nitrogens with zero attached hydrogens (tertiary/aromatic N) is 2. The summed E-state index contributed by atoms with van der Waals surface area (Å²) in [6.07, 6.45) is 2.18. The first-order chi connectivity index (χ1) is 9.74. The molecule has 1 unspecified atom stereocenters. The van der Waals surface area contributed by atoms with E-state index in [9.17, 15) is 4.79 Å². The first kappa shape index (κ1) is 13.9. The molecule has 0 saturated carbocycles. The van der Waals surface area contributed by atoms with Gasteiger partial charge in [-0.3, -0.25) is 9.69 Å². The van der Waals surface area contributed by atoms with Gasteiger partial charge in [-0.15, -0.1) is 11.8 Å². The number of carbonyl (C=O) groups excluding carboxylic acids is 1. The standard InChI is InChI=1S/C15H21N3OS/c16-12-4-3-7-17(10-12)11-15(19)18-8-9-20-14-6-2-1-5-13(14)18/h1-2,5-6,12H,3-4,7-11,16H2. The number of benzene rings is 1. The van der Waals surface area contributed by atoms with Gasteiger partial charge in [-0.25, -0.2) is 0 Å². The van der Waals surface area contributed by atoms with Gasteiger partial charge < -0.3 is 10.6 Å². The lowest BCUT2D eigenvalue weighted by atomic mass is 10.1. The van der Waals surface area contributed by atoms with Crippen molar-refractivity contribution in [2.75, 3.05) is 36.8 Å². The molecule has 1 amide bonds. The number of carbonyl (C=O) groups is 1.